The Bertz CT molecular complexity index is 571. The summed E-state index contributed by atoms with van der Waals surface area (Å²) in [6, 6.07) is 0.242. The molecule has 1 aromatic heterocycles. The van der Waals surface area contributed by atoms with Gasteiger partial charge >= 0.3 is 6.09 Å². The van der Waals surface area contributed by atoms with Gasteiger partial charge in [-0.1, -0.05) is 0 Å². The van der Waals surface area contributed by atoms with Crippen LogP contribution in [0.1, 0.15) is 31.5 Å². The van der Waals surface area contributed by atoms with Crippen molar-refractivity contribution in [1.82, 2.24) is 19.4 Å². The van der Waals surface area contributed by atoms with Crippen LogP contribution in [0.25, 0.3) is 0 Å². The second-order valence-corrected chi connectivity index (χ2v) is 6.27. The van der Waals surface area contributed by atoms with Crippen LogP contribution in [0.3, 0.4) is 0 Å². The number of ether oxygens (including phenoxy) is 1. The minimum absolute atomic E-state index is 0.0355. The van der Waals surface area contributed by atoms with E-state index in [0.29, 0.717) is 13.2 Å². The molecule has 0 bridgehead atoms. The van der Waals surface area contributed by atoms with Crippen LogP contribution in [0.4, 0.5) is 4.79 Å². The van der Waals surface area contributed by atoms with Crippen molar-refractivity contribution in [3.8, 4) is 0 Å². The zero-order valence-corrected chi connectivity index (χ0v) is 13.6. The third kappa shape index (κ3) is 3.65. The number of nitrogens with zero attached hydrogens (tertiary/aromatic N) is 4. The third-order valence-electron chi connectivity index (χ3n) is 4.74. The number of piperidine rings is 1. The normalized spacial score (nSPS) is 21.6. The molecule has 0 saturated carbocycles. The summed E-state index contributed by atoms with van der Waals surface area (Å²) in [7, 11) is 1.99. The third-order valence-corrected chi connectivity index (χ3v) is 4.74. The van der Waals surface area contributed by atoms with Gasteiger partial charge in [0, 0.05) is 38.4 Å². The molecular weight excluding hydrogens is 296 g/mol. The molecule has 126 valence electrons. The van der Waals surface area contributed by atoms with Crippen LogP contribution in [-0.4, -0.2) is 63.6 Å². The Kier molecular flexibility index (Phi) is 4.83. The number of rotatable bonds is 5. The Morgan fingerprint density at radius 3 is 2.96 bits per heavy atom. The zero-order chi connectivity index (χ0) is 16.2. The first-order valence-electron chi connectivity index (χ1n) is 8.32. The van der Waals surface area contributed by atoms with Gasteiger partial charge in [0.2, 0.25) is 5.91 Å². The van der Waals surface area contributed by atoms with E-state index >= 15 is 0 Å². The highest BCUT2D eigenvalue weighted by atomic mass is 16.6. The number of imidazole rings is 1. The van der Waals surface area contributed by atoms with Crippen molar-refractivity contribution in [2.75, 3.05) is 26.2 Å². The summed E-state index contributed by atoms with van der Waals surface area (Å²) < 4.78 is 6.92. The number of cyclic esters (lactones) is 1. The fourth-order valence-corrected chi connectivity index (χ4v) is 3.39. The average Bonchev–Trinajstić information content (AvgIpc) is 3.14. The molecule has 3 rings (SSSR count). The molecule has 7 nitrogen and oxygen atoms in total. The molecule has 0 aliphatic carbocycles. The van der Waals surface area contributed by atoms with Crippen LogP contribution >= 0.6 is 0 Å². The van der Waals surface area contributed by atoms with Gasteiger partial charge in [-0.25, -0.2) is 9.78 Å². The van der Waals surface area contributed by atoms with Crippen LogP contribution in [0.5, 0.6) is 0 Å². The standard InChI is InChI=1S/C16H24N4O3/c1-18-9-7-17-14(18)6-5-13-4-2-3-8-20(13)15(21)12-19-10-11-23-16(19)22/h7,9,13H,2-6,8,10-12H2,1H3/t13-/m0/s1. The SMILES string of the molecule is Cn1ccnc1CC[C@@H]1CCCCN1C(=O)CN1CCOC1=O. The summed E-state index contributed by atoms with van der Waals surface area (Å²) in [5.41, 5.74) is 0. The molecule has 0 aromatic carbocycles. The fourth-order valence-electron chi connectivity index (χ4n) is 3.39. The number of carbonyl (C=O) groups excluding carboxylic acids is 2. The minimum Gasteiger partial charge on any atom is -0.448 e. The highest BCUT2D eigenvalue weighted by Crippen LogP contribution is 2.22. The fraction of sp³-hybridized carbons (Fsp3) is 0.688. The highest BCUT2D eigenvalue weighted by Gasteiger charge is 2.31. The Balaban J connectivity index is 1.58. The van der Waals surface area contributed by atoms with E-state index in [1.54, 1.807) is 6.20 Å². The van der Waals surface area contributed by atoms with Crippen LogP contribution in [0, 0.1) is 0 Å². The first-order chi connectivity index (χ1) is 11.1. The van der Waals surface area contributed by atoms with Gasteiger partial charge in [-0.3, -0.25) is 9.69 Å². The first kappa shape index (κ1) is 15.8. The van der Waals surface area contributed by atoms with E-state index in [-0.39, 0.29) is 24.6 Å². The number of likely N-dealkylation sites (tertiary alicyclic amines) is 1. The number of aromatic nitrogens is 2. The molecule has 1 aromatic rings. The van der Waals surface area contributed by atoms with E-state index in [2.05, 4.69) is 4.98 Å². The average molecular weight is 320 g/mol. The van der Waals surface area contributed by atoms with Crippen molar-refractivity contribution in [2.45, 2.75) is 38.1 Å². The first-order valence-corrected chi connectivity index (χ1v) is 8.32. The van der Waals surface area contributed by atoms with Crippen molar-refractivity contribution in [2.24, 2.45) is 7.05 Å². The Morgan fingerprint density at radius 2 is 2.26 bits per heavy atom. The zero-order valence-electron chi connectivity index (χ0n) is 13.6. The van der Waals surface area contributed by atoms with Gasteiger partial charge < -0.3 is 14.2 Å². The van der Waals surface area contributed by atoms with Crippen LogP contribution in [0.2, 0.25) is 0 Å². The molecule has 2 aliphatic heterocycles. The molecule has 0 spiro atoms. The molecule has 2 fully saturated rings. The van der Waals surface area contributed by atoms with Crippen LogP contribution < -0.4 is 0 Å². The molecule has 1 atom stereocenters. The maximum atomic E-state index is 12.6. The molecule has 2 saturated heterocycles. The Hall–Kier alpha value is -2.05. The maximum Gasteiger partial charge on any atom is 0.410 e. The van der Waals surface area contributed by atoms with Gasteiger partial charge in [-0.2, -0.15) is 0 Å². The van der Waals surface area contributed by atoms with E-state index < -0.39 is 0 Å². The molecule has 3 heterocycles. The summed E-state index contributed by atoms with van der Waals surface area (Å²) in [5.74, 6) is 1.08. The topological polar surface area (TPSA) is 67.7 Å². The largest absolute Gasteiger partial charge is 0.448 e. The van der Waals surface area contributed by atoms with Gasteiger partial charge in [0.15, 0.2) is 0 Å². The van der Waals surface area contributed by atoms with Crippen molar-refractivity contribution >= 4 is 12.0 Å². The summed E-state index contributed by atoms with van der Waals surface area (Å²) in [6.45, 7) is 1.82. The summed E-state index contributed by atoms with van der Waals surface area (Å²) >= 11 is 0. The van der Waals surface area contributed by atoms with Gasteiger partial charge in [-0.05, 0) is 25.7 Å². The second kappa shape index (κ2) is 7.02. The van der Waals surface area contributed by atoms with Gasteiger partial charge in [-0.15, -0.1) is 0 Å². The lowest BCUT2D eigenvalue weighted by atomic mass is 9.97. The van der Waals surface area contributed by atoms with Crippen molar-refractivity contribution in [3.05, 3.63) is 18.2 Å². The highest BCUT2D eigenvalue weighted by molar-refractivity contribution is 5.83. The second-order valence-electron chi connectivity index (χ2n) is 6.27. The summed E-state index contributed by atoms with van der Waals surface area (Å²) in [5, 5.41) is 0. The molecule has 7 heteroatoms. The monoisotopic (exact) mass is 320 g/mol. The minimum atomic E-state index is -0.375. The van der Waals surface area contributed by atoms with E-state index in [0.717, 1.165) is 44.5 Å². The lowest BCUT2D eigenvalue weighted by Crippen LogP contribution is -2.48. The van der Waals surface area contributed by atoms with Crippen molar-refractivity contribution in [3.63, 3.8) is 0 Å². The number of amides is 2. The van der Waals surface area contributed by atoms with Crippen molar-refractivity contribution < 1.29 is 14.3 Å². The molecule has 23 heavy (non-hydrogen) atoms. The molecule has 2 aliphatic rings. The van der Waals surface area contributed by atoms with Crippen molar-refractivity contribution in [1.29, 1.82) is 0 Å². The Labute approximate surface area is 136 Å². The van der Waals surface area contributed by atoms with E-state index in [1.165, 1.54) is 4.90 Å². The number of carbonyl (C=O) groups is 2. The predicted octanol–water partition coefficient (Wildman–Crippen LogP) is 1.19. The van der Waals surface area contributed by atoms with E-state index in [1.807, 2.05) is 22.7 Å². The summed E-state index contributed by atoms with van der Waals surface area (Å²) in [6.07, 6.45) is 8.37. The molecule has 0 unspecified atom stereocenters. The smallest absolute Gasteiger partial charge is 0.410 e. The molecule has 0 radical (unpaired) electrons. The molecular formula is C16H24N4O3. The van der Waals surface area contributed by atoms with E-state index in [4.69, 9.17) is 4.74 Å². The quantitative estimate of drug-likeness (QED) is 0.817. The number of aryl methyl sites for hydroxylation is 2. The van der Waals surface area contributed by atoms with Gasteiger partial charge in [0.1, 0.15) is 19.0 Å². The summed E-state index contributed by atoms with van der Waals surface area (Å²) in [4.78, 5) is 31.9. The maximum absolute atomic E-state index is 12.6. The number of hydrogen-bond donors (Lipinski definition) is 0. The Morgan fingerprint density at radius 1 is 1.39 bits per heavy atom. The molecule has 0 N–H and O–H groups in total. The van der Waals surface area contributed by atoms with E-state index in [9.17, 15) is 9.59 Å². The lowest BCUT2D eigenvalue weighted by molar-refractivity contribution is -0.135. The number of hydrogen-bond acceptors (Lipinski definition) is 4. The van der Waals surface area contributed by atoms with Gasteiger partial charge in [0.05, 0.1) is 6.54 Å². The van der Waals surface area contributed by atoms with Crippen LogP contribution in [-0.2, 0) is 23.0 Å². The lowest BCUT2D eigenvalue weighted by Gasteiger charge is -2.36. The molecule has 2 amide bonds. The predicted molar refractivity (Wildman–Crippen MR) is 83.8 cm³/mol. The van der Waals surface area contributed by atoms with Gasteiger partial charge in [0.25, 0.3) is 0 Å². The van der Waals surface area contributed by atoms with Crippen LogP contribution in [0.15, 0.2) is 12.4 Å².